The molecule has 1 aliphatic carbocycles. The molecule has 2 nitrogen and oxygen atoms in total. The maximum atomic E-state index is 4.40. The Bertz CT molecular complexity index is 378. The number of halogens is 1. The van der Waals surface area contributed by atoms with E-state index in [1.165, 1.54) is 18.4 Å². The van der Waals surface area contributed by atoms with Gasteiger partial charge < -0.3 is 5.32 Å². The third kappa shape index (κ3) is 2.24. The van der Waals surface area contributed by atoms with Crippen LogP contribution in [0.5, 0.6) is 0 Å². The summed E-state index contributed by atoms with van der Waals surface area (Å²) in [6, 6.07) is 2.59. The van der Waals surface area contributed by atoms with Crippen molar-refractivity contribution in [1.29, 1.82) is 0 Å². The van der Waals surface area contributed by atoms with Crippen molar-refractivity contribution in [3.05, 3.63) is 22.3 Å². The molecule has 2 rings (SSSR count). The zero-order valence-electron chi connectivity index (χ0n) is 10.1. The molecule has 0 saturated heterocycles. The lowest BCUT2D eigenvalue weighted by molar-refractivity contribution is 0.435. The maximum absolute atomic E-state index is 4.40. The zero-order chi connectivity index (χ0) is 11.7. The minimum atomic E-state index is 0.570. The van der Waals surface area contributed by atoms with E-state index in [1.807, 2.05) is 12.3 Å². The first-order chi connectivity index (χ1) is 7.59. The van der Waals surface area contributed by atoms with Crippen molar-refractivity contribution in [2.24, 2.45) is 11.8 Å². The molecule has 0 bridgehead atoms. The van der Waals surface area contributed by atoms with Crippen LogP contribution in [-0.4, -0.2) is 11.0 Å². The second-order valence-electron chi connectivity index (χ2n) is 4.96. The number of pyridine rings is 1. The van der Waals surface area contributed by atoms with Crippen LogP contribution in [0.4, 0.5) is 5.82 Å². The molecule has 1 saturated carbocycles. The quantitative estimate of drug-likeness (QED) is 0.887. The highest BCUT2D eigenvalue weighted by molar-refractivity contribution is 9.10. The van der Waals surface area contributed by atoms with E-state index < -0.39 is 0 Å². The molecule has 1 aliphatic rings. The molecule has 0 radical (unpaired) electrons. The molecule has 1 aromatic rings. The van der Waals surface area contributed by atoms with Crippen molar-refractivity contribution in [1.82, 2.24) is 4.98 Å². The molecule has 3 unspecified atom stereocenters. The molecule has 0 spiro atoms. The molecule has 3 atom stereocenters. The van der Waals surface area contributed by atoms with Gasteiger partial charge in [0.05, 0.1) is 4.47 Å². The van der Waals surface area contributed by atoms with Crippen LogP contribution in [0.15, 0.2) is 16.7 Å². The van der Waals surface area contributed by atoms with Gasteiger partial charge in [0.15, 0.2) is 0 Å². The topological polar surface area (TPSA) is 24.9 Å². The molecular formula is C13H19BrN2. The third-order valence-corrected chi connectivity index (χ3v) is 4.87. The number of hydrogen-bond acceptors (Lipinski definition) is 2. The summed E-state index contributed by atoms with van der Waals surface area (Å²) in [7, 11) is 0. The number of aryl methyl sites for hydroxylation is 1. The molecule has 16 heavy (non-hydrogen) atoms. The van der Waals surface area contributed by atoms with Gasteiger partial charge in [-0.05, 0) is 59.2 Å². The van der Waals surface area contributed by atoms with E-state index in [-0.39, 0.29) is 0 Å². The van der Waals surface area contributed by atoms with Crippen LogP contribution >= 0.6 is 15.9 Å². The van der Waals surface area contributed by atoms with Crippen molar-refractivity contribution < 1.29 is 0 Å². The Hall–Kier alpha value is -0.570. The molecule has 88 valence electrons. The van der Waals surface area contributed by atoms with Gasteiger partial charge in [0.2, 0.25) is 0 Å². The van der Waals surface area contributed by atoms with Crippen LogP contribution in [-0.2, 0) is 0 Å². The van der Waals surface area contributed by atoms with Gasteiger partial charge in [-0.15, -0.1) is 0 Å². The number of nitrogens with one attached hydrogen (secondary N) is 1. The lowest BCUT2D eigenvalue weighted by atomic mass is 9.98. The number of hydrogen-bond donors (Lipinski definition) is 1. The summed E-state index contributed by atoms with van der Waals surface area (Å²) in [4.78, 5) is 4.40. The fourth-order valence-corrected chi connectivity index (χ4v) is 2.73. The maximum Gasteiger partial charge on any atom is 0.140 e. The largest absolute Gasteiger partial charge is 0.366 e. The predicted molar refractivity (Wildman–Crippen MR) is 71.6 cm³/mol. The van der Waals surface area contributed by atoms with Gasteiger partial charge in [0.25, 0.3) is 0 Å². The van der Waals surface area contributed by atoms with E-state index in [0.29, 0.717) is 6.04 Å². The highest BCUT2D eigenvalue weighted by Gasteiger charge is 2.30. The Morgan fingerprint density at radius 2 is 2.12 bits per heavy atom. The molecular weight excluding hydrogens is 264 g/mol. The Kier molecular flexibility index (Phi) is 3.53. The first-order valence-corrected chi connectivity index (χ1v) is 6.76. The smallest absolute Gasteiger partial charge is 0.140 e. The Morgan fingerprint density at radius 1 is 1.38 bits per heavy atom. The van der Waals surface area contributed by atoms with Gasteiger partial charge in [-0.25, -0.2) is 4.98 Å². The molecule has 0 amide bonds. The van der Waals surface area contributed by atoms with Gasteiger partial charge in [-0.1, -0.05) is 13.8 Å². The molecule has 1 fully saturated rings. The van der Waals surface area contributed by atoms with E-state index in [2.05, 4.69) is 47.0 Å². The third-order valence-electron chi connectivity index (χ3n) is 3.87. The van der Waals surface area contributed by atoms with Gasteiger partial charge >= 0.3 is 0 Å². The molecule has 0 aromatic carbocycles. The molecule has 1 heterocycles. The number of anilines is 1. The molecule has 1 aromatic heterocycles. The summed E-state index contributed by atoms with van der Waals surface area (Å²) in [5.41, 5.74) is 1.23. The van der Waals surface area contributed by atoms with Gasteiger partial charge in [0.1, 0.15) is 5.82 Å². The normalized spacial score (nSPS) is 29.4. The van der Waals surface area contributed by atoms with Crippen molar-refractivity contribution in [3.8, 4) is 0 Å². The zero-order valence-corrected chi connectivity index (χ0v) is 11.7. The number of rotatable bonds is 2. The summed E-state index contributed by atoms with van der Waals surface area (Å²) in [5.74, 6) is 2.54. The van der Waals surface area contributed by atoms with Crippen LogP contribution < -0.4 is 5.32 Å². The number of aromatic nitrogens is 1. The van der Waals surface area contributed by atoms with E-state index in [9.17, 15) is 0 Å². The fraction of sp³-hybridized carbons (Fsp3) is 0.615. The fourth-order valence-electron chi connectivity index (χ4n) is 2.38. The second kappa shape index (κ2) is 4.74. The molecule has 3 heteroatoms. The summed E-state index contributed by atoms with van der Waals surface area (Å²) in [6.07, 6.45) is 4.44. The van der Waals surface area contributed by atoms with Crippen LogP contribution in [0.3, 0.4) is 0 Å². The minimum Gasteiger partial charge on any atom is -0.366 e. The van der Waals surface area contributed by atoms with E-state index in [1.54, 1.807) is 0 Å². The van der Waals surface area contributed by atoms with Crippen molar-refractivity contribution in [3.63, 3.8) is 0 Å². The van der Waals surface area contributed by atoms with Gasteiger partial charge in [-0.3, -0.25) is 0 Å². The number of nitrogens with zero attached hydrogens (tertiary/aromatic N) is 1. The lowest BCUT2D eigenvalue weighted by Crippen LogP contribution is -2.24. The second-order valence-corrected chi connectivity index (χ2v) is 5.75. The summed E-state index contributed by atoms with van der Waals surface area (Å²) in [6.45, 7) is 6.77. The first-order valence-electron chi connectivity index (χ1n) is 5.97. The van der Waals surface area contributed by atoms with Crippen molar-refractivity contribution in [2.75, 3.05) is 5.32 Å². The average molecular weight is 283 g/mol. The van der Waals surface area contributed by atoms with E-state index in [4.69, 9.17) is 0 Å². The van der Waals surface area contributed by atoms with Crippen LogP contribution in [0, 0.1) is 18.8 Å². The van der Waals surface area contributed by atoms with Gasteiger partial charge in [-0.2, -0.15) is 0 Å². The van der Waals surface area contributed by atoms with E-state index in [0.717, 1.165) is 22.1 Å². The SMILES string of the molecule is Cc1ccnc(NC2CCC(C)C2C)c1Br. The summed E-state index contributed by atoms with van der Waals surface area (Å²) >= 11 is 3.60. The van der Waals surface area contributed by atoms with Crippen LogP contribution in [0.2, 0.25) is 0 Å². The van der Waals surface area contributed by atoms with Crippen molar-refractivity contribution in [2.45, 2.75) is 39.7 Å². The van der Waals surface area contributed by atoms with E-state index >= 15 is 0 Å². The van der Waals surface area contributed by atoms with Crippen molar-refractivity contribution >= 4 is 21.7 Å². The van der Waals surface area contributed by atoms with Crippen LogP contribution in [0.25, 0.3) is 0 Å². The van der Waals surface area contributed by atoms with Crippen LogP contribution in [0.1, 0.15) is 32.3 Å². The predicted octanol–water partition coefficient (Wildman–Crippen LogP) is 4.00. The molecule has 1 N–H and O–H groups in total. The Morgan fingerprint density at radius 3 is 2.75 bits per heavy atom. The highest BCUT2D eigenvalue weighted by Crippen LogP contribution is 2.34. The lowest BCUT2D eigenvalue weighted by Gasteiger charge is -2.21. The first kappa shape index (κ1) is 11.9. The Balaban J connectivity index is 2.12. The average Bonchev–Trinajstić information content (AvgIpc) is 2.57. The summed E-state index contributed by atoms with van der Waals surface area (Å²) in [5, 5.41) is 3.57. The molecule has 0 aliphatic heterocycles. The highest BCUT2D eigenvalue weighted by atomic mass is 79.9. The monoisotopic (exact) mass is 282 g/mol. The van der Waals surface area contributed by atoms with Gasteiger partial charge in [0, 0.05) is 12.2 Å². The minimum absolute atomic E-state index is 0.570. The Labute approximate surface area is 106 Å². The standard InChI is InChI=1S/C13H19BrN2/c1-8-4-5-11(10(8)3)16-13-12(14)9(2)6-7-15-13/h6-8,10-11H,4-5H2,1-3H3,(H,15,16). The summed E-state index contributed by atoms with van der Waals surface area (Å²) < 4.78 is 1.10.